The van der Waals surface area contributed by atoms with Gasteiger partial charge in [0.15, 0.2) is 5.78 Å². The van der Waals surface area contributed by atoms with Crippen LogP contribution in [0, 0.1) is 24.2 Å². The van der Waals surface area contributed by atoms with Crippen LogP contribution in [-0.4, -0.2) is 40.3 Å². The van der Waals surface area contributed by atoms with Gasteiger partial charge in [-0.15, -0.1) is 0 Å². The van der Waals surface area contributed by atoms with Crippen molar-refractivity contribution in [3.05, 3.63) is 75.7 Å². The van der Waals surface area contributed by atoms with Gasteiger partial charge in [-0.25, -0.2) is 4.98 Å². The molecule has 5 nitrogen and oxygen atoms in total. The minimum absolute atomic E-state index is 0.0264. The van der Waals surface area contributed by atoms with Crippen molar-refractivity contribution in [2.45, 2.75) is 64.2 Å². The molecule has 192 valence electrons. The Balaban J connectivity index is 1.30. The molecule has 6 heteroatoms. The third-order valence-electron chi connectivity index (χ3n) is 8.20. The van der Waals surface area contributed by atoms with E-state index >= 15 is 0 Å². The molecule has 2 heterocycles. The third-order valence-corrected chi connectivity index (χ3v) is 8.47. The van der Waals surface area contributed by atoms with E-state index < -0.39 is 0 Å². The highest BCUT2D eigenvalue weighted by molar-refractivity contribution is 6.32. The number of rotatable bonds is 7. The molecule has 5 rings (SSSR count). The van der Waals surface area contributed by atoms with Gasteiger partial charge in [-0.2, -0.15) is 5.26 Å². The molecule has 3 aromatic rings. The number of aromatic nitrogens is 2. The van der Waals surface area contributed by atoms with Gasteiger partial charge >= 0.3 is 0 Å². The quantitative estimate of drug-likeness (QED) is 0.341. The van der Waals surface area contributed by atoms with Crippen LogP contribution in [0.25, 0.3) is 11.3 Å². The van der Waals surface area contributed by atoms with Crippen molar-refractivity contribution < 1.29 is 4.79 Å². The summed E-state index contributed by atoms with van der Waals surface area (Å²) in [5.41, 5.74) is 5.47. The number of nitrogens with one attached hydrogen (secondary N) is 1. The topological polar surface area (TPSA) is 72.8 Å². The average molecular weight is 515 g/mol. The molecule has 2 fully saturated rings. The maximum atomic E-state index is 13.7. The van der Waals surface area contributed by atoms with Crippen molar-refractivity contribution in [2.75, 3.05) is 19.6 Å². The van der Waals surface area contributed by atoms with Crippen LogP contribution in [0.5, 0.6) is 0 Å². The Hall–Kier alpha value is -2.94. The van der Waals surface area contributed by atoms with E-state index in [-0.39, 0.29) is 11.7 Å². The van der Waals surface area contributed by atoms with E-state index in [0.717, 1.165) is 79.7 Å². The van der Waals surface area contributed by atoms with Gasteiger partial charge in [0.25, 0.3) is 0 Å². The lowest BCUT2D eigenvalue weighted by Gasteiger charge is -2.30. The monoisotopic (exact) mass is 514 g/mol. The summed E-state index contributed by atoms with van der Waals surface area (Å²) >= 11 is 6.59. The molecule has 1 aliphatic heterocycles. The number of benzene rings is 2. The van der Waals surface area contributed by atoms with Crippen molar-refractivity contribution in [2.24, 2.45) is 5.92 Å². The van der Waals surface area contributed by atoms with Crippen LogP contribution in [-0.2, 0) is 6.42 Å². The van der Waals surface area contributed by atoms with Gasteiger partial charge in [-0.05, 0) is 87.4 Å². The first-order chi connectivity index (χ1) is 18.0. The summed E-state index contributed by atoms with van der Waals surface area (Å²) in [6.45, 7) is 5.37. The van der Waals surface area contributed by atoms with Crippen LogP contribution in [0.3, 0.4) is 0 Å². The molecule has 2 aliphatic rings. The van der Waals surface area contributed by atoms with Crippen LogP contribution in [0.15, 0.2) is 42.5 Å². The Morgan fingerprint density at radius 2 is 1.86 bits per heavy atom. The van der Waals surface area contributed by atoms with Gasteiger partial charge in [-0.1, -0.05) is 48.7 Å². The summed E-state index contributed by atoms with van der Waals surface area (Å²) in [6, 6.07) is 16.2. The number of nitrogens with zero attached hydrogens (tertiary/aromatic N) is 3. The fourth-order valence-corrected chi connectivity index (χ4v) is 5.98. The zero-order valence-corrected chi connectivity index (χ0v) is 22.4. The van der Waals surface area contributed by atoms with E-state index in [1.807, 2.05) is 37.3 Å². The first kappa shape index (κ1) is 25.7. The molecule has 2 unspecified atom stereocenters. The molecule has 0 amide bonds. The predicted octanol–water partition coefficient (Wildman–Crippen LogP) is 7.10. The van der Waals surface area contributed by atoms with E-state index in [1.165, 1.54) is 25.1 Å². The molecule has 1 aliphatic carbocycles. The summed E-state index contributed by atoms with van der Waals surface area (Å²) in [6.07, 6.45) is 8.26. The van der Waals surface area contributed by atoms with Crippen molar-refractivity contribution in [3.63, 3.8) is 0 Å². The lowest BCUT2D eigenvalue weighted by atomic mass is 9.79. The SMILES string of the molecule is Cc1ccc(C(=O)C2CCCCC(c3ccc(C#N)cc3)CC2)cc1-c1nc(CCN2CCC2)[nH]c1Cl. The third kappa shape index (κ3) is 5.98. The molecule has 0 spiro atoms. The summed E-state index contributed by atoms with van der Waals surface area (Å²) in [5.74, 6) is 1.59. The molecule has 2 aromatic carbocycles. The van der Waals surface area contributed by atoms with Crippen molar-refractivity contribution >= 4 is 17.4 Å². The zero-order valence-electron chi connectivity index (χ0n) is 21.6. The van der Waals surface area contributed by atoms with Crippen molar-refractivity contribution in [3.8, 4) is 17.3 Å². The maximum absolute atomic E-state index is 13.7. The van der Waals surface area contributed by atoms with Gasteiger partial charge in [0.1, 0.15) is 16.7 Å². The van der Waals surface area contributed by atoms with Crippen molar-refractivity contribution in [1.82, 2.24) is 14.9 Å². The molecule has 1 saturated heterocycles. The standard InChI is InChI=1S/C31H35ClN4O/c1-21-7-10-26(19-27(21)29-31(32)35-28(34-29)15-18-36-16-4-17-36)30(37)25-6-3-2-5-23(13-14-25)24-11-8-22(20-33)9-12-24/h7-12,19,23,25H,2-6,13-18H2,1H3,(H,34,35). The fourth-order valence-electron chi connectivity index (χ4n) is 5.73. The number of carbonyl (C=O) groups is 1. The number of likely N-dealkylation sites (tertiary alicyclic amines) is 1. The van der Waals surface area contributed by atoms with Crippen LogP contribution in [0.4, 0.5) is 0 Å². The number of halogens is 1. The average Bonchev–Trinajstić information content (AvgIpc) is 3.23. The highest BCUT2D eigenvalue weighted by atomic mass is 35.5. The number of hydrogen-bond donors (Lipinski definition) is 1. The van der Waals surface area contributed by atoms with Crippen LogP contribution < -0.4 is 0 Å². The highest BCUT2D eigenvalue weighted by Crippen LogP contribution is 2.36. The number of ketones is 1. The van der Waals surface area contributed by atoms with Gasteiger partial charge in [0.05, 0.1) is 11.6 Å². The number of H-pyrrole nitrogens is 1. The molecule has 2 atom stereocenters. The van der Waals surface area contributed by atoms with Crippen LogP contribution >= 0.6 is 11.6 Å². The van der Waals surface area contributed by atoms with Gasteiger partial charge < -0.3 is 9.88 Å². The molecule has 0 radical (unpaired) electrons. The molecule has 1 aromatic heterocycles. The molecular formula is C31H35ClN4O. The summed E-state index contributed by atoms with van der Waals surface area (Å²) < 4.78 is 0. The van der Waals surface area contributed by atoms with Crippen LogP contribution in [0.2, 0.25) is 5.15 Å². The number of Topliss-reactive ketones (excluding diaryl/α,β-unsaturated/α-hetero) is 1. The summed E-state index contributed by atoms with van der Waals surface area (Å²) in [4.78, 5) is 24.2. The normalized spacial score (nSPS) is 20.5. The Bertz CT molecular complexity index is 1290. The smallest absolute Gasteiger partial charge is 0.165 e. The predicted molar refractivity (Wildman–Crippen MR) is 148 cm³/mol. The van der Waals surface area contributed by atoms with E-state index in [0.29, 0.717) is 16.6 Å². The molecule has 0 bridgehead atoms. The highest BCUT2D eigenvalue weighted by Gasteiger charge is 2.25. The summed E-state index contributed by atoms with van der Waals surface area (Å²) in [5, 5.41) is 9.65. The van der Waals surface area contributed by atoms with E-state index in [2.05, 4.69) is 28.1 Å². The second-order valence-electron chi connectivity index (χ2n) is 10.7. The van der Waals surface area contributed by atoms with Crippen LogP contribution in [0.1, 0.15) is 83.7 Å². The Morgan fingerprint density at radius 3 is 2.59 bits per heavy atom. The first-order valence-corrected chi connectivity index (χ1v) is 14.0. The Labute approximate surface area is 224 Å². The fraction of sp³-hybridized carbons (Fsp3) is 0.452. The second-order valence-corrected chi connectivity index (χ2v) is 11.1. The Kier molecular flexibility index (Phi) is 8.08. The number of nitriles is 1. The summed E-state index contributed by atoms with van der Waals surface area (Å²) in [7, 11) is 0. The number of aryl methyl sites for hydroxylation is 1. The lowest BCUT2D eigenvalue weighted by molar-refractivity contribution is 0.0896. The first-order valence-electron chi connectivity index (χ1n) is 13.6. The molecule has 37 heavy (non-hydrogen) atoms. The molecule has 1 saturated carbocycles. The second kappa shape index (κ2) is 11.6. The maximum Gasteiger partial charge on any atom is 0.165 e. The zero-order chi connectivity index (χ0) is 25.8. The molecular weight excluding hydrogens is 480 g/mol. The van der Waals surface area contributed by atoms with Gasteiger partial charge in [0.2, 0.25) is 0 Å². The van der Waals surface area contributed by atoms with E-state index in [9.17, 15) is 4.79 Å². The van der Waals surface area contributed by atoms with Crippen molar-refractivity contribution in [1.29, 1.82) is 5.26 Å². The number of hydrogen-bond acceptors (Lipinski definition) is 4. The number of carbonyl (C=O) groups excluding carboxylic acids is 1. The van der Waals surface area contributed by atoms with E-state index in [1.54, 1.807) is 0 Å². The molecule has 1 N–H and O–H groups in total. The van der Waals surface area contributed by atoms with Gasteiger partial charge in [0, 0.05) is 30.0 Å². The minimum Gasteiger partial charge on any atom is -0.332 e. The van der Waals surface area contributed by atoms with Gasteiger partial charge in [-0.3, -0.25) is 4.79 Å². The number of aromatic amines is 1. The van der Waals surface area contributed by atoms with E-state index in [4.69, 9.17) is 21.8 Å². The minimum atomic E-state index is 0.0264. The Morgan fingerprint density at radius 1 is 1.08 bits per heavy atom. The lowest BCUT2D eigenvalue weighted by Crippen LogP contribution is -2.38. The largest absolute Gasteiger partial charge is 0.332 e. The number of imidazole rings is 1.